The summed E-state index contributed by atoms with van der Waals surface area (Å²) in [6.07, 6.45) is 0. The molecule has 0 aliphatic carbocycles. The molecule has 0 bridgehead atoms. The van der Waals surface area contributed by atoms with Crippen LogP contribution >= 0.6 is 15.9 Å². The molecule has 0 unspecified atom stereocenters. The Morgan fingerprint density at radius 3 is 2.10 bits per heavy atom. The summed E-state index contributed by atoms with van der Waals surface area (Å²) in [5, 5.41) is 0. The SMILES string of the molecule is COCCOCCOCCOCc1cc(N)cc(Br)c1. The van der Waals surface area contributed by atoms with Gasteiger partial charge in [-0.1, -0.05) is 15.9 Å². The number of ether oxygens (including phenoxy) is 4. The van der Waals surface area contributed by atoms with Gasteiger partial charge in [0.2, 0.25) is 0 Å². The van der Waals surface area contributed by atoms with E-state index in [0.717, 1.165) is 15.7 Å². The third-order valence-electron chi connectivity index (χ3n) is 2.42. The van der Waals surface area contributed by atoms with Crippen LogP contribution in [0.2, 0.25) is 0 Å². The molecule has 2 N–H and O–H groups in total. The van der Waals surface area contributed by atoms with Crippen LogP contribution < -0.4 is 5.73 Å². The first-order chi connectivity index (χ1) is 9.72. The van der Waals surface area contributed by atoms with Gasteiger partial charge in [-0.2, -0.15) is 0 Å². The van der Waals surface area contributed by atoms with E-state index in [1.165, 1.54) is 0 Å². The Labute approximate surface area is 128 Å². The van der Waals surface area contributed by atoms with Gasteiger partial charge in [-0.25, -0.2) is 0 Å². The van der Waals surface area contributed by atoms with Crippen LogP contribution in [-0.2, 0) is 25.6 Å². The van der Waals surface area contributed by atoms with E-state index in [2.05, 4.69) is 15.9 Å². The molecular weight excluding hydrogens is 326 g/mol. The quantitative estimate of drug-likeness (QED) is 0.491. The Morgan fingerprint density at radius 1 is 0.900 bits per heavy atom. The second kappa shape index (κ2) is 11.0. The second-order valence-electron chi connectivity index (χ2n) is 4.16. The standard InChI is InChI=1S/C14H22BrNO4/c1-17-2-3-18-4-5-19-6-7-20-11-12-8-13(15)10-14(16)9-12/h8-10H,2-7,11,16H2,1H3. The van der Waals surface area contributed by atoms with Gasteiger partial charge in [0, 0.05) is 17.3 Å². The van der Waals surface area contributed by atoms with E-state index in [0.29, 0.717) is 46.2 Å². The highest BCUT2D eigenvalue weighted by Gasteiger charge is 1.98. The van der Waals surface area contributed by atoms with E-state index in [1.807, 2.05) is 18.2 Å². The fourth-order valence-corrected chi connectivity index (χ4v) is 2.09. The van der Waals surface area contributed by atoms with Crippen LogP contribution in [0.3, 0.4) is 0 Å². The predicted octanol–water partition coefficient (Wildman–Crippen LogP) is 2.23. The van der Waals surface area contributed by atoms with Crippen molar-refractivity contribution >= 4 is 21.6 Å². The van der Waals surface area contributed by atoms with Gasteiger partial charge in [-0.05, 0) is 23.8 Å². The van der Waals surface area contributed by atoms with Gasteiger partial charge in [-0.3, -0.25) is 0 Å². The van der Waals surface area contributed by atoms with Crippen molar-refractivity contribution in [3.05, 3.63) is 28.2 Å². The summed E-state index contributed by atoms with van der Waals surface area (Å²) in [6, 6.07) is 5.74. The molecule has 1 rings (SSSR count). The lowest BCUT2D eigenvalue weighted by atomic mass is 10.2. The van der Waals surface area contributed by atoms with Crippen molar-refractivity contribution in [3.8, 4) is 0 Å². The van der Waals surface area contributed by atoms with Crippen LogP contribution in [0.25, 0.3) is 0 Å². The molecule has 5 nitrogen and oxygen atoms in total. The maximum atomic E-state index is 5.75. The zero-order valence-electron chi connectivity index (χ0n) is 11.8. The van der Waals surface area contributed by atoms with E-state index in [1.54, 1.807) is 7.11 Å². The number of benzene rings is 1. The number of methoxy groups -OCH3 is 1. The second-order valence-corrected chi connectivity index (χ2v) is 5.08. The van der Waals surface area contributed by atoms with Crippen LogP contribution in [-0.4, -0.2) is 46.8 Å². The molecule has 0 aromatic heterocycles. The lowest BCUT2D eigenvalue weighted by Crippen LogP contribution is -2.11. The van der Waals surface area contributed by atoms with E-state index in [-0.39, 0.29) is 0 Å². The average molecular weight is 348 g/mol. The summed E-state index contributed by atoms with van der Waals surface area (Å²) in [4.78, 5) is 0. The van der Waals surface area contributed by atoms with Crippen molar-refractivity contribution in [3.63, 3.8) is 0 Å². The van der Waals surface area contributed by atoms with E-state index >= 15 is 0 Å². The van der Waals surface area contributed by atoms with Crippen molar-refractivity contribution < 1.29 is 18.9 Å². The smallest absolute Gasteiger partial charge is 0.0719 e. The van der Waals surface area contributed by atoms with Crippen LogP contribution in [0.5, 0.6) is 0 Å². The summed E-state index contributed by atoms with van der Waals surface area (Å²) >= 11 is 3.40. The summed E-state index contributed by atoms with van der Waals surface area (Å²) in [5.74, 6) is 0. The van der Waals surface area contributed by atoms with Gasteiger partial charge in [0.05, 0.1) is 46.2 Å². The molecule has 6 heteroatoms. The molecule has 114 valence electrons. The summed E-state index contributed by atoms with van der Waals surface area (Å²) < 4.78 is 22.0. The molecule has 1 aromatic rings. The fourth-order valence-electron chi connectivity index (χ4n) is 1.53. The van der Waals surface area contributed by atoms with E-state index < -0.39 is 0 Å². The number of nitrogen functional groups attached to an aromatic ring is 1. The van der Waals surface area contributed by atoms with Crippen LogP contribution in [0.15, 0.2) is 22.7 Å². The molecule has 0 atom stereocenters. The van der Waals surface area contributed by atoms with Crippen molar-refractivity contribution in [2.45, 2.75) is 6.61 Å². The maximum Gasteiger partial charge on any atom is 0.0719 e. The molecule has 0 spiro atoms. The molecule has 0 aliphatic heterocycles. The van der Waals surface area contributed by atoms with Crippen molar-refractivity contribution in [2.24, 2.45) is 0 Å². The number of rotatable bonds is 11. The van der Waals surface area contributed by atoms with Crippen molar-refractivity contribution in [1.29, 1.82) is 0 Å². The first-order valence-electron chi connectivity index (χ1n) is 6.49. The van der Waals surface area contributed by atoms with E-state index in [9.17, 15) is 0 Å². The van der Waals surface area contributed by atoms with Crippen LogP contribution in [0, 0.1) is 0 Å². The van der Waals surface area contributed by atoms with E-state index in [4.69, 9.17) is 24.7 Å². The monoisotopic (exact) mass is 347 g/mol. The molecule has 0 amide bonds. The van der Waals surface area contributed by atoms with Crippen molar-refractivity contribution in [2.75, 3.05) is 52.5 Å². The first kappa shape index (κ1) is 17.4. The Kier molecular flexibility index (Phi) is 9.61. The third kappa shape index (κ3) is 8.50. The molecule has 0 radical (unpaired) electrons. The van der Waals surface area contributed by atoms with Gasteiger partial charge < -0.3 is 24.7 Å². The molecule has 0 heterocycles. The number of hydrogen-bond donors (Lipinski definition) is 1. The Hall–Kier alpha value is -0.660. The third-order valence-corrected chi connectivity index (χ3v) is 2.88. The lowest BCUT2D eigenvalue weighted by molar-refractivity contribution is 0.000869. The molecule has 20 heavy (non-hydrogen) atoms. The average Bonchev–Trinajstić information content (AvgIpc) is 2.40. The molecular formula is C14H22BrNO4. The normalized spacial score (nSPS) is 10.9. The highest BCUT2D eigenvalue weighted by atomic mass is 79.9. The molecule has 0 aliphatic rings. The summed E-state index contributed by atoms with van der Waals surface area (Å²) in [5.41, 5.74) is 7.51. The van der Waals surface area contributed by atoms with Crippen LogP contribution in [0.1, 0.15) is 5.56 Å². The van der Waals surface area contributed by atoms with Gasteiger partial charge in [0.15, 0.2) is 0 Å². The predicted molar refractivity (Wildman–Crippen MR) is 81.7 cm³/mol. The Morgan fingerprint density at radius 2 is 1.50 bits per heavy atom. The van der Waals surface area contributed by atoms with Crippen molar-refractivity contribution in [1.82, 2.24) is 0 Å². The molecule has 0 fully saturated rings. The minimum Gasteiger partial charge on any atom is -0.399 e. The zero-order chi connectivity index (χ0) is 14.6. The maximum absolute atomic E-state index is 5.75. The Balaban J connectivity index is 1.97. The fraction of sp³-hybridized carbons (Fsp3) is 0.571. The number of nitrogens with two attached hydrogens (primary N) is 1. The zero-order valence-corrected chi connectivity index (χ0v) is 13.4. The number of hydrogen-bond acceptors (Lipinski definition) is 5. The van der Waals surface area contributed by atoms with Gasteiger partial charge in [0.25, 0.3) is 0 Å². The number of anilines is 1. The largest absolute Gasteiger partial charge is 0.399 e. The molecule has 1 aromatic carbocycles. The lowest BCUT2D eigenvalue weighted by Gasteiger charge is -2.07. The first-order valence-corrected chi connectivity index (χ1v) is 7.29. The van der Waals surface area contributed by atoms with Crippen LogP contribution in [0.4, 0.5) is 5.69 Å². The minimum absolute atomic E-state index is 0.525. The molecule has 0 saturated carbocycles. The number of halogens is 1. The summed E-state index contributed by atoms with van der Waals surface area (Å²) in [6.45, 7) is 3.97. The Bertz CT molecular complexity index is 356. The van der Waals surface area contributed by atoms with Gasteiger partial charge >= 0.3 is 0 Å². The summed E-state index contributed by atoms with van der Waals surface area (Å²) in [7, 11) is 1.65. The topological polar surface area (TPSA) is 62.9 Å². The molecule has 0 saturated heterocycles. The minimum atomic E-state index is 0.525. The van der Waals surface area contributed by atoms with Gasteiger partial charge in [-0.15, -0.1) is 0 Å². The van der Waals surface area contributed by atoms with Gasteiger partial charge in [0.1, 0.15) is 0 Å². The highest BCUT2D eigenvalue weighted by molar-refractivity contribution is 9.10. The highest BCUT2D eigenvalue weighted by Crippen LogP contribution is 2.17.